The molecule has 2 aromatic carbocycles. The Morgan fingerprint density at radius 3 is 2.21 bits per heavy atom. The van der Waals surface area contributed by atoms with Crippen molar-refractivity contribution >= 4 is 57.6 Å². The number of carbonyl (C=O) groups is 2. The monoisotopic (exact) mass is 589 g/mol. The fourth-order valence-electron chi connectivity index (χ4n) is 3.78. The average molecular weight is 590 g/mol. The van der Waals surface area contributed by atoms with E-state index in [9.17, 15) is 14.4 Å². The van der Waals surface area contributed by atoms with Crippen LogP contribution in [0.3, 0.4) is 0 Å². The molecule has 0 saturated heterocycles. The van der Waals surface area contributed by atoms with Crippen molar-refractivity contribution in [3.05, 3.63) is 52.9 Å². The first-order valence-corrected chi connectivity index (χ1v) is 13.5. The molecular weight excluding hydrogens is 554 g/mol. The van der Waals surface area contributed by atoms with E-state index in [-0.39, 0.29) is 5.69 Å². The number of fused-ring (bicyclic) bond motifs is 1. The van der Waals surface area contributed by atoms with Crippen molar-refractivity contribution in [3.63, 3.8) is 0 Å². The molecule has 16 heteroatoms. The van der Waals surface area contributed by atoms with Gasteiger partial charge in [0, 0.05) is 37.6 Å². The van der Waals surface area contributed by atoms with Crippen LogP contribution >= 0.6 is 0 Å². The Balaban J connectivity index is 1.42. The van der Waals surface area contributed by atoms with Gasteiger partial charge in [-0.1, -0.05) is 0 Å². The van der Waals surface area contributed by atoms with Gasteiger partial charge in [0.2, 0.25) is 23.9 Å². The number of hydrogen-bond acceptors (Lipinski definition) is 13. The first-order chi connectivity index (χ1) is 20.7. The predicted octanol–water partition coefficient (Wildman–Crippen LogP) is 2.07. The van der Waals surface area contributed by atoms with E-state index in [1.807, 2.05) is 21.1 Å². The van der Waals surface area contributed by atoms with Gasteiger partial charge in [-0.25, -0.2) is 4.79 Å². The summed E-state index contributed by atoms with van der Waals surface area (Å²) in [7, 11) is 5.84. The number of aromatic amines is 2. The second-order valence-corrected chi connectivity index (χ2v) is 9.80. The molecule has 0 fully saturated rings. The molecule has 226 valence electrons. The highest BCUT2D eigenvalue weighted by Gasteiger charge is 2.23. The maximum absolute atomic E-state index is 12.8. The third kappa shape index (κ3) is 9.14. The van der Waals surface area contributed by atoms with Crippen LogP contribution in [0.4, 0.5) is 34.9 Å². The van der Waals surface area contributed by atoms with Gasteiger partial charge < -0.3 is 41.5 Å². The number of benzene rings is 2. The van der Waals surface area contributed by atoms with Crippen molar-refractivity contribution in [3.8, 4) is 0 Å². The fourth-order valence-corrected chi connectivity index (χ4v) is 3.78. The topological polar surface area (TPSA) is 210 Å². The smallest absolute Gasteiger partial charge is 0.323 e. The predicted molar refractivity (Wildman–Crippen MR) is 166 cm³/mol. The molecule has 0 aliphatic carbocycles. The molecule has 0 bridgehead atoms. The second kappa shape index (κ2) is 14.6. The summed E-state index contributed by atoms with van der Waals surface area (Å²) in [5.41, 5.74) is 2.28. The highest BCUT2D eigenvalue weighted by molar-refractivity contribution is 6.10. The minimum Gasteiger partial charge on any atom is -0.353 e. The molecule has 0 radical (unpaired) electrons. The van der Waals surface area contributed by atoms with E-state index >= 15 is 0 Å². The molecule has 2 aromatic heterocycles. The summed E-state index contributed by atoms with van der Waals surface area (Å²) >= 11 is 0. The molecule has 1 unspecified atom stereocenters. The number of aromatic nitrogens is 5. The second-order valence-electron chi connectivity index (χ2n) is 9.80. The number of rotatable bonds is 15. The zero-order valence-electron chi connectivity index (χ0n) is 24.4. The van der Waals surface area contributed by atoms with Crippen molar-refractivity contribution in [2.75, 3.05) is 68.6 Å². The summed E-state index contributed by atoms with van der Waals surface area (Å²) in [5, 5.41) is 23.3. The van der Waals surface area contributed by atoms with Gasteiger partial charge in [0.15, 0.2) is 5.78 Å². The van der Waals surface area contributed by atoms with E-state index in [2.05, 4.69) is 66.6 Å². The Labute approximate surface area is 247 Å². The molecule has 1 amide bonds. The fraction of sp³-hybridized carbons (Fsp3) is 0.333. The first-order valence-electron chi connectivity index (χ1n) is 13.5. The molecule has 0 aliphatic heterocycles. The average Bonchev–Trinajstić information content (AvgIpc) is 3.33. The Morgan fingerprint density at radius 2 is 1.53 bits per heavy atom. The molecule has 43 heavy (non-hydrogen) atoms. The number of azo groups is 1. The van der Waals surface area contributed by atoms with Crippen LogP contribution in [0.1, 0.15) is 6.92 Å². The molecule has 4 aromatic rings. The Hall–Kier alpha value is -5.22. The minimum absolute atomic E-state index is 0.346. The van der Waals surface area contributed by atoms with E-state index in [1.165, 1.54) is 6.92 Å². The summed E-state index contributed by atoms with van der Waals surface area (Å²) < 4.78 is 0. The number of H-pyrrole nitrogens is 2. The molecule has 1 atom stereocenters. The molecule has 7 N–H and O–H groups in total. The van der Waals surface area contributed by atoms with Gasteiger partial charge in [0.25, 0.3) is 5.91 Å². The van der Waals surface area contributed by atoms with Crippen molar-refractivity contribution < 1.29 is 9.59 Å². The number of anilines is 5. The number of imidazole rings is 1. The zero-order valence-corrected chi connectivity index (χ0v) is 24.4. The van der Waals surface area contributed by atoms with E-state index < -0.39 is 17.7 Å². The number of amides is 1. The number of likely N-dealkylation sites (N-methyl/N-ethyl adjacent to an activating group) is 2. The molecule has 16 nitrogen and oxygen atoms in total. The van der Waals surface area contributed by atoms with Crippen LogP contribution in [0, 0.1) is 0 Å². The standard InChI is InChI=1S/C27H35N13O3/c1-16(41)22(23(42)31-19-9-10-20-21(15-19)34-27(43)33-20)39-38-18-7-5-17(6-8-18)32-26-36-24(29-12-11-28-2)35-25(37-26)30-13-14-40(3)4/h5-10,15,22,28H,11-14H2,1-4H3,(H,31,42)(H2,33,34,43)(H3,29,30,32,35,36,37). The van der Waals surface area contributed by atoms with Crippen molar-refractivity contribution in [2.45, 2.75) is 13.0 Å². The maximum atomic E-state index is 12.8. The van der Waals surface area contributed by atoms with E-state index in [0.717, 1.165) is 13.1 Å². The van der Waals surface area contributed by atoms with Gasteiger partial charge in [-0.15, -0.1) is 0 Å². The SMILES string of the molecule is CNCCNc1nc(NCCN(C)C)nc(Nc2ccc(N=NC(C(C)=O)C(=O)Nc3ccc4[nH]c(=O)[nH]c4c3)cc2)n1. The summed E-state index contributed by atoms with van der Waals surface area (Å²) in [6, 6.07) is 10.4. The lowest BCUT2D eigenvalue weighted by Gasteiger charge is -2.13. The van der Waals surface area contributed by atoms with E-state index in [1.54, 1.807) is 42.5 Å². The normalized spacial score (nSPS) is 12.0. The van der Waals surface area contributed by atoms with Crippen LogP contribution in [-0.2, 0) is 9.59 Å². The van der Waals surface area contributed by atoms with Crippen molar-refractivity contribution in [2.24, 2.45) is 10.2 Å². The summed E-state index contributed by atoms with van der Waals surface area (Å²) in [5.74, 6) is 0.0984. The van der Waals surface area contributed by atoms with Crippen LogP contribution in [0.2, 0.25) is 0 Å². The summed E-state index contributed by atoms with van der Waals surface area (Å²) in [6.45, 7) is 4.12. The molecule has 2 heterocycles. The van der Waals surface area contributed by atoms with Crippen molar-refractivity contribution in [1.82, 2.24) is 35.1 Å². The number of nitrogens with zero attached hydrogens (tertiary/aromatic N) is 6. The molecule has 0 aliphatic rings. The summed E-state index contributed by atoms with van der Waals surface area (Å²) in [4.78, 5) is 57.1. The number of nitrogens with one attached hydrogen (secondary N) is 7. The van der Waals surface area contributed by atoms with Crippen LogP contribution in [0.25, 0.3) is 11.0 Å². The van der Waals surface area contributed by atoms with Gasteiger partial charge in [-0.2, -0.15) is 25.2 Å². The summed E-state index contributed by atoms with van der Waals surface area (Å²) in [6.07, 6.45) is 0. The lowest BCUT2D eigenvalue weighted by atomic mass is 10.2. The van der Waals surface area contributed by atoms with Gasteiger partial charge >= 0.3 is 5.69 Å². The third-order valence-corrected chi connectivity index (χ3v) is 5.96. The zero-order chi connectivity index (χ0) is 30.8. The largest absolute Gasteiger partial charge is 0.353 e. The molecule has 0 spiro atoms. The number of carbonyl (C=O) groups excluding carboxylic acids is 2. The van der Waals surface area contributed by atoms with E-state index in [4.69, 9.17) is 0 Å². The van der Waals surface area contributed by atoms with Crippen LogP contribution in [0.5, 0.6) is 0 Å². The lowest BCUT2D eigenvalue weighted by Crippen LogP contribution is -2.31. The highest BCUT2D eigenvalue weighted by atomic mass is 16.2. The van der Waals surface area contributed by atoms with Gasteiger partial charge in [0.05, 0.1) is 16.7 Å². The Bertz CT molecular complexity index is 1630. The first kappa shape index (κ1) is 30.7. The Kier molecular flexibility index (Phi) is 10.4. The highest BCUT2D eigenvalue weighted by Crippen LogP contribution is 2.21. The van der Waals surface area contributed by atoms with Crippen molar-refractivity contribution in [1.29, 1.82) is 0 Å². The number of hydrogen-bond donors (Lipinski definition) is 7. The Morgan fingerprint density at radius 1 is 0.884 bits per heavy atom. The van der Waals surface area contributed by atoms with Crippen LogP contribution < -0.4 is 32.3 Å². The number of Topliss-reactive ketones (excluding diaryl/α,β-unsaturated/α-hetero) is 1. The van der Waals surface area contributed by atoms with Crippen LogP contribution in [-0.4, -0.2) is 94.9 Å². The molecule has 0 saturated carbocycles. The maximum Gasteiger partial charge on any atom is 0.323 e. The minimum atomic E-state index is -1.35. The molecular formula is C27H35N13O3. The van der Waals surface area contributed by atoms with Gasteiger partial charge in [-0.05, 0) is 70.5 Å². The van der Waals surface area contributed by atoms with E-state index in [0.29, 0.717) is 59.0 Å². The van der Waals surface area contributed by atoms with Crippen LogP contribution in [0.15, 0.2) is 57.5 Å². The third-order valence-electron chi connectivity index (χ3n) is 5.96. The lowest BCUT2D eigenvalue weighted by molar-refractivity contribution is -0.126. The number of ketones is 1. The molecule has 4 rings (SSSR count). The van der Waals surface area contributed by atoms with Gasteiger partial charge in [0.1, 0.15) is 0 Å². The quantitative estimate of drug-likeness (QED) is 0.0606. The van der Waals surface area contributed by atoms with Gasteiger partial charge in [-0.3, -0.25) is 9.59 Å².